The molecule has 16 heavy (non-hydrogen) atoms. The summed E-state index contributed by atoms with van der Waals surface area (Å²) in [6.07, 6.45) is 0.550. The third kappa shape index (κ3) is 2.40. The molecular formula is C11H11Br2NO2. The third-order valence-electron chi connectivity index (χ3n) is 2.48. The molecule has 1 aliphatic heterocycles. The highest BCUT2D eigenvalue weighted by molar-refractivity contribution is 9.10. The number of ether oxygens (including phenoxy) is 1. The number of alkyl halides is 1. The quantitative estimate of drug-likeness (QED) is 0.769. The van der Waals surface area contributed by atoms with Crippen LogP contribution in [0.2, 0.25) is 0 Å². The van der Waals surface area contributed by atoms with Gasteiger partial charge >= 0.3 is 0 Å². The van der Waals surface area contributed by atoms with Crippen LogP contribution in [0.25, 0.3) is 0 Å². The first-order valence-electron chi connectivity index (χ1n) is 4.89. The first-order valence-corrected chi connectivity index (χ1v) is 6.60. The van der Waals surface area contributed by atoms with Gasteiger partial charge in [0.1, 0.15) is 5.75 Å². The van der Waals surface area contributed by atoms with Crippen molar-refractivity contribution in [2.24, 2.45) is 0 Å². The molecule has 5 heteroatoms. The van der Waals surface area contributed by atoms with E-state index in [-0.39, 0.29) is 10.7 Å². The second-order valence-corrected chi connectivity index (χ2v) is 5.87. The Bertz CT molecular complexity index is 422. The Labute approximate surface area is 111 Å². The zero-order chi connectivity index (χ0) is 11.7. The second-order valence-electron chi connectivity index (χ2n) is 3.66. The SMILES string of the molecule is COc1cc(Br)cc(N2CC(Br)CC2=O)c1. The number of amides is 1. The molecule has 0 radical (unpaired) electrons. The van der Waals surface area contributed by atoms with Crippen LogP contribution in [0.1, 0.15) is 6.42 Å². The second kappa shape index (κ2) is 4.75. The van der Waals surface area contributed by atoms with Crippen molar-refractivity contribution in [3.05, 3.63) is 22.7 Å². The number of benzene rings is 1. The smallest absolute Gasteiger partial charge is 0.228 e. The summed E-state index contributed by atoms with van der Waals surface area (Å²) in [5.41, 5.74) is 0.873. The van der Waals surface area contributed by atoms with Gasteiger partial charge in [-0.1, -0.05) is 31.9 Å². The maximum absolute atomic E-state index is 11.7. The Kier molecular flexibility index (Phi) is 3.54. The molecular weight excluding hydrogens is 338 g/mol. The Morgan fingerprint density at radius 3 is 2.75 bits per heavy atom. The number of carbonyl (C=O) groups is 1. The van der Waals surface area contributed by atoms with Crippen molar-refractivity contribution in [3.63, 3.8) is 0 Å². The summed E-state index contributed by atoms with van der Waals surface area (Å²) in [6, 6.07) is 5.66. The molecule has 0 aliphatic carbocycles. The Hall–Kier alpha value is -0.550. The predicted octanol–water partition coefficient (Wildman–Crippen LogP) is 2.96. The van der Waals surface area contributed by atoms with Crippen molar-refractivity contribution in [2.45, 2.75) is 11.2 Å². The van der Waals surface area contributed by atoms with Gasteiger partial charge in [0, 0.05) is 34.0 Å². The minimum Gasteiger partial charge on any atom is -0.497 e. The molecule has 1 aromatic rings. The first-order chi connectivity index (χ1) is 7.60. The van der Waals surface area contributed by atoms with Gasteiger partial charge in [-0.2, -0.15) is 0 Å². The van der Waals surface area contributed by atoms with Crippen molar-refractivity contribution >= 4 is 43.5 Å². The number of anilines is 1. The van der Waals surface area contributed by atoms with Crippen LogP contribution in [0.15, 0.2) is 22.7 Å². The molecule has 1 amide bonds. The van der Waals surface area contributed by atoms with E-state index in [0.29, 0.717) is 13.0 Å². The van der Waals surface area contributed by atoms with Crippen LogP contribution < -0.4 is 9.64 Å². The molecule has 0 N–H and O–H groups in total. The van der Waals surface area contributed by atoms with E-state index in [1.807, 2.05) is 18.2 Å². The largest absolute Gasteiger partial charge is 0.497 e. The van der Waals surface area contributed by atoms with Gasteiger partial charge in [0.25, 0.3) is 0 Å². The summed E-state index contributed by atoms with van der Waals surface area (Å²) < 4.78 is 6.09. The molecule has 86 valence electrons. The van der Waals surface area contributed by atoms with Crippen molar-refractivity contribution in [1.29, 1.82) is 0 Å². The standard InChI is InChI=1S/C11H11Br2NO2/c1-16-10-3-7(12)2-9(5-10)14-6-8(13)4-11(14)15/h2-3,5,8H,4,6H2,1H3. The van der Waals surface area contributed by atoms with E-state index in [0.717, 1.165) is 15.9 Å². The van der Waals surface area contributed by atoms with Gasteiger partial charge in [0.05, 0.1) is 7.11 Å². The van der Waals surface area contributed by atoms with Crippen molar-refractivity contribution in [1.82, 2.24) is 0 Å². The number of carbonyl (C=O) groups excluding carboxylic acids is 1. The Balaban J connectivity index is 2.33. The minimum absolute atomic E-state index is 0.141. The number of hydrogen-bond acceptors (Lipinski definition) is 2. The Morgan fingerprint density at radius 1 is 1.44 bits per heavy atom. The number of nitrogens with zero attached hydrogens (tertiary/aromatic N) is 1. The lowest BCUT2D eigenvalue weighted by molar-refractivity contribution is -0.117. The molecule has 1 atom stereocenters. The molecule has 2 rings (SSSR count). The maximum Gasteiger partial charge on any atom is 0.228 e. The highest BCUT2D eigenvalue weighted by atomic mass is 79.9. The lowest BCUT2D eigenvalue weighted by Gasteiger charge is -2.17. The van der Waals surface area contributed by atoms with Gasteiger partial charge in [-0.3, -0.25) is 4.79 Å². The molecule has 0 saturated carbocycles. The van der Waals surface area contributed by atoms with Crippen LogP contribution >= 0.6 is 31.9 Å². The van der Waals surface area contributed by atoms with Gasteiger partial charge in [0.15, 0.2) is 0 Å². The average Bonchev–Trinajstić information content (AvgIpc) is 2.57. The summed E-state index contributed by atoms with van der Waals surface area (Å²) >= 11 is 6.87. The summed E-state index contributed by atoms with van der Waals surface area (Å²) in [5.74, 6) is 0.886. The molecule has 1 saturated heterocycles. The topological polar surface area (TPSA) is 29.5 Å². The van der Waals surface area contributed by atoms with E-state index in [1.54, 1.807) is 12.0 Å². The first kappa shape index (κ1) is 11.9. The normalized spacial score (nSPS) is 20.3. The highest BCUT2D eigenvalue weighted by Gasteiger charge is 2.29. The van der Waals surface area contributed by atoms with E-state index in [1.165, 1.54) is 0 Å². The Morgan fingerprint density at radius 2 is 2.19 bits per heavy atom. The van der Waals surface area contributed by atoms with Crippen LogP contribution in [0.3, 0.4) is 0 Å². The lowest BCUT2D eigenvalue weighted by Crippen LogP contribution is -2.24. The number of rotatable bonds is 2. The molecule has 0 spiro atoms. The van der Waals surface area contributed by atoms with Crippen LogP contribution in [0.5, 0.6) is 5.75 Å². The highest BCUT2D eigenvalue weighted by Crippen LogP contribution is 2.31. The third-order valence-corrected chi connectivity index (χ3v) is 3.55. The van der Waals surface area contributed by atoms with Gasteiger partial charge in [-0.05, 0) is 12.1 Å². The monoisotopic (exact) mass is 347 g/mol. The molecule has 1 aromatic carbocycles. The minimum atomic E-state index is 0.141. The molecule has 1 fully saturated rings. The number of halogens is 2. The molecule has 1 heterocycles. The van der Waals surface area contributed by atoms with E-state index in [4.69, 9.17) is 4.74 Å². The van der Waals surface area contributed by atoms with Crippen LogP contribution in [0.4, 0.5) is 5.69 Å². The van der Waals surface area contributed by atoms with Crippen molar-refractivity contribution in [2.75, 3.05) is 18.6 Å². The summed E-state index contributed by atoms with van der Waals surface area (Å²) in [6.45, 7) is 0.707. The molecule has 0 aromatic heterocycles. The van der Waals surface area contributed by atoms with E-state index in [2.05, 4.69) is 31.9 Å². The summed E-state index contributed by atoms with van der Waals surface area (Å²) in [7, 11) is 1.62. The summed E-state index contributed by atoms with van der Waals surface area (Å²) in [4.78, 5) is 13.7. The van der Waals surface area contributed by atoms with Gasteiger partial charge < -0.3 is 9.64 Å². The summed E-state index contributed by atoms with van der Waals surface area (Å²) in [5, 5.41) is 0. The fourth-order valence-electron chi connectivity index (χ4n) is 1.74. The van der Waals surface area contributed by atoms with Crippen molar-refractivity contribution < 1.29 is 9.53 Å². The molecule has 1 unspecified atom stereocenters. The zero-order valence-corrected chi connectivity index (χ0v) is 11.9. The van der Waals surface area contributed by atoms with Crippen LogP contribution in [-0.2, 0) is 4.79 Å². The number of hydrogen-bond donors (Lipinski definition) is 0. The predicted molar refractivity (Wildman–Crippen MR) is 70.4 cm³/mol. The molecule has 3 nitrogen and oxygen atoms in total. The fourth-order valence-corrected chi connectivity index (χ4v) is 2.76. The van der Waals surface area contributed by atoms with E-state index in [9.17, 15) is 4.79 Å². The van der Waals surface area contributed by atoms with E-state index >= 15 is 0 Å². The van der Waals surface area contributed by atoms with Gasteiger partial charge in [0.2, 0.25) is 5.91 Å². The van der Waals surface area contributed by atoms with Gasteiger partial charge in [-0.25, -0.2) is 0 Å². The van der Waals surface area contributed by atoms with Crippen LogP contribution in [0, 0.1) is 0 Å². The molecule has 1 aliphatic rings. The van der Waals surface area contributed by atoms with E-state index < -0.39 is 0 Å². The lowest BCUT2D eigenvalue weighted by atomic mass is 10.3. The van der Waals surface area contributed by atoms with Crippen LogP contribution in [-0.4, -0.2) is 24.4 Å². The average molecular weight is 349 g/mol. The fraction of sp³-hybridized carbons (Fsp3) is 0.364. The zero-order valence-electron chi connectivity index (χ0n) is 8.74. The molecule has 0 bridgehead atoms. The number of methoxy groups -OCH3 is 1. The maximum atomic E-state index is 11.7. The van der Waals surface area contributed by atoms with Crippen molar-refractivity contribution in [3.8, 4) is 5.75 Å². The van der Waals surface area contributed by atoms with Gasteiger partial charge in [-0.15, -0.1) is 0 Å².